The molecule has 0 saturated carbocycles. The normalized spacial score (nSPS) is 14.9. The third kappa shape index (κ3) is 4.31. The molecule has 2 aromatic heterocycles. The Bertz CT molecular complexity index is 695. The summed E-state index contributed by atoms with van der Waals surface area (Å²) in [6.07, 6.45) is 1.57. The Hall–Kier alpha value is -2.08. The minimum atomic E-state index is -0.381. The molecule has 2 aromatic rings. The zero-order chi connectivity index (χ0) is 17.6. The fraction of sp³-hybridized carbons (Fsp3) is 0.571. The Kier molecular flexibility index (Phi) is 5.91. The number of rotatable bonds is 7. The number of morpholine rings is 1. The third-order valence-corrected chi connectivity index (χ3v) is 4.59. The van der Waals surface area contributed by atoms with Crippen molar-refractivity contribution in [2.24, 2.45) is 5.92 Å². The fourth-order valence-electron chi connectivity index (χ4n) is 2.24. The number of carbonyl (C=O) groups excluding carboxylic acids is 1. The van der Waals surface area contributed by atoms with E-state index in [4.69, 9.17) is 14.9 Å². The molecule has 0 bridgehead atoms. The Morgan fingerprint density at radius 1 is 1.36 bits per heavy atom. The van der Waals surface area contributed by atoms with Crippen LogP contribution < -0.4 is 10.2 Å². The van der Waals surface area contributed by atoms with Crippen molar-refractivity contribution in [3.8, 4) is 5.13 Å². The van der Waals surface area contributed by atoms with Gasteiger partial charge in [-0.3, -0.25) is 4.79 Å². The molecule has 1 saturated heterocycles. The Balaban J connectivity index is 1.63. The lowest BCUT2D eigenvalue weighted by Crippen LogP contribution is -2.37. The Labute approximate surface area is 148 Å². The number of aromatic nitrogens is 4. The minimum Gasteiger partial charge on any atom is -0.396 e. The molecule has 1 amide bonds. The lowest BCUT2D eigenvalue weighted by atomic mass is 10.2. The minimum absolute atomic E-state index is 0.184. The molecule has 0 atom stereocenters. The number of ether oxygens (including phenoxy) is 1. The van der Waals surface area contributed by atoms with Crippen molar-refractivity contribution >= 4 is 23.2 Å². The van der Waals surface area contributed by atoms with Crippen molar-refractivity contribution in [2.45, 2.75) is 0 Å². The number of hydrogen-bond acceptors (Lipinski definition) is 9. The second-order valence-electron chi connectivity index (χ2n) is 5.55. The lowest BCUT2D eigenvalue weighted by molar-refractivity contribution is 0.0917. The van der Waals surface area contributed by atoms with Crippen LogP contribution in [0, 0.1) is 5.92 Å². The van der Waals surface area contributed by atoms with E-state index in [1.54, 1.807) is 11.7 Å². The zero-order valence-corrected chi connectivity index (χ0v) is 14.4. The second kappa shape index (κ2) is 8.34. The van der Waals surface area contributed by atoms with Gasteiger partial charge in [-0.15, -0.1) is 16.4 Å². The van der Waals surface area contributed by atoms with Gasteiger partial charge in [0.05, 0.1) is 13.2 Å². The summed E-state index contributed by atoms with van der Waals surface area (Å²) >= 11 is 1.28. The number of carbonyl (C=O) groups is 1. The molecule has 0 aliphatic carbocycles. The summed E-state index contributed by atoms with van der Waals surface area (Å²) in [6.45, 7) is 2.59. The summed E-state index contributed by atoms with van der Waals surface area (Å²) in [7, 11) is 0. The average molecular weight is 368 g/mol. The van der Waals surface area contributed by atoms with Gasteiger partial charge in [0.25, 0.3) is 5.91 Å². The summed E-state index contributed by atoms with van der Waals surface area (Å²) in [5.74, 6) is -0.130. The van der Waals surface area contributed by atoms with Gasteiger partial charge in [-0.25, -0.2) is 4.98 Å². The van der Waals surface area contributed by atoms with Gasteiger partial charge in [0, 0.05) is 44.1 Å². The predicted octanol–water partition coefficient (Wildman–Crippen LogP) is -1.11. The standard InChI is InChI=1S/C14H20N6O4S/c21-6-10(7-22)5-15-12(23)11-8-25-14(17-11)20-9-16-13(18-20)19-1-3-24-4-2-19/h8-10,21-22H,1-7H2,(H,15,23). The van der Waals surface area contributed by atoms with Crippen molar-refractivity contribution in [2.75, 3.05) is 51.0 Å². The van der Waals surface area contributed by atoms with Crippen LogP contribution in [0.15, 0.2) is 11.7 Å². The average Bonchev–Trinajstić information content (AvgIpc) is 3.32. The first-order chi connectivity index (χ1) is 12.2. The van der Waals surface area contributed by atoms with E-state index in [2.05, 4.69) is 20.4 Å². The quantitative estimate of drug-likeness (QED) is 0.562. The van der Waals surface area contributed by atoms with Crippen LogP contribution in [0.25, 0.3) is 5.13 Å². The van der Waals surface area contributed by atoms with Crippen LogP contribution in [0.5, 0.6) is 0 Å². The summed E-state index contributed by atoms with van der Waals surface area (Å²) in [6, 6.07) is 0. The molecule has 136 valence electrons. The van der Waals surface area contributed by atoms with E-state index in [9.17, 15) is 4.79 Å². The van der Waals surface area contributed by atoms with Crippen LogP contribution in [0.1, 0.15) is 10.5 Å². The van der Waals surface area contributed by atoms with Gasteiger partial charge < -0.3 is 25.2 Å². The van der Waals surface area contributed by atoms with Gasteiger partial charge >= 0.3 is 0 Å². The van der Waals surface area contributed by atoms with Crippen molar-refractivity contribution in [1.82, 2.24) is 25.1 Å². The second-order valence-corrected chi connectivity index (χ2v) is 6.38. The molecule has 11 heteroatoms. The van der Waals surface area contributed by atoms with Crippen molar-refractivity contribution < 1.29 is 19.7 Å². The summed E-state index contributed by atoms with van der Waals surface area (Å²) in [5, 5.41) is 27.3. The first-order valence-corrected chi connectivity index (χ1v) is 8.79. The number of thiazole rings is 1. The van der Waals surface area contributed by atoms with Gasteiger partial charge in [-0.2, -0.15) is 9.67 Å². The lowest BCUT2D eigenvalue weighted by Gasteiger charge is -2.25. The highest BCUT2D eigenvalue weighted by atomic mass is 32.1. The molecule has 1 aliphatic heterocycles. The monoisotopic (exact) mass is 368 g/mol. The molecular weight excluding hydrogens is 348 g/mol. The van der Waals surface area contributed by atoms with Gasteiger partial charge in [0.15, 0.2) is 0 Å². The fourth-order valence-corrected chi connectivity index (χ4v) is 2.97. The predicted molar refractivity (Wildman–Crippen MR) is 90.1 cm³/mol. The van der Waals surface area contributed by atoms with Crippen LogP contribution in [-0.2, 0) is 4.74 Å². The smallest absolute Gasteiger partial charge is 0.270 e. The SMILES string of the molecule is O=C(NCC(CO)CO)c1csc(-n2cnc(N3CCOCC3)n2)n1. The number of anilines is 1. The molecule has 0 aromatic carbocycles. The van der Waals surface area contributed by atoms with E-state index in [0.29, 0.717) is 24.3 Å². The van der Waals surface area contributed by atoms with E-state index >= 15 is 0 Å². The van der Waals surface area contributed by atoms with Gasteiger partial charge in [0.2, 0.25) is 11.1 Å². The number of aliphatic hydroxyl groups excluding tert-OH is 2. The number of aliphatic hydroxyl groups is 2. The largest absolute Gasteiger partial charge is 0.396 e. The maximum Gasteiger partial charge on any atom is 0.270 e. The van der Waals surface area contributed by atoms with Crippen molar-refractivity contribution in [3.63, 3.8) is 0 Å². The molecule has 3 heterocycles. The number of nitrogens with zero attached hydrogens (tertiary/aromatic N) is 5. The summed E-state index contributed by atoms with van der Waals surface area (Å²) in [4.78, 5) is 22.7. The van der Waals surface area contributed by atoms with Crippen molar-refractivity contribution in [1.29, 1.82) is 0 Å². The summed E-state index contributed by atoms with van der Waals surface area (Å²) in [5.41, 5.74) is 0.262. The highest BCUT2D eigenvalue weighted by molar-refractivity contribution is 7.12. The maximum atomic E-state index is 12.1. The van der Waals surface area contributed by atoms with Gasteiger partial charge in [-0.1, -0.05) is 0 Å². The molecular formula is C14H20N6O4S. The van der Waals surface area contributed by atoms with E-state index < -0.39 is 0 Å². The van der Waals surface area contributed by atoms with Crippen LogP contribution >= 0.6 is 11.3 Å². The third-order valence-electron chi connectivity index (χ3n) is 3.76. The molecule has 25 heavy (non-hydrogen) atoms. The Morgan fingerprint density at radius 3 is 2.84 bits per heavy atom. The number of nitrogens with one attached hydrogen (secondary N) is 1. The van der Waals surface area contributed by atoms with Crippen LogP contribution in [-0.4, -0.2) is 81.9 Å². The molecule has 3 N–H and O–H groups in total. The Morgan fingerprint density at radius 2 is 2.12 bits per heavy atom. The maximum absolute atomic E-state index is 12.1. The molecule has 1 aliphatic rings. The molecule has 0 radical (unpaired) electrons. The molecule has 0 spiro atoms. The molecule has 10 nitrogen and oxygen atoms in total. The zero-order valence-electron chi connectivity index (χ0n) is 13.5. The number of amides is 1. The van der Waals surface area contributed by atoms with E-state index in [0.717, 1.165) is 13.1 Å². The van der Waals surface area contributed by atoms with E-state index in [1.807, 2.05) is 4.90 Å². The van der Waals surface area contributed by atoms with E-state index in [-0.39, 0.29) is 37.3 Å². The van der Waals surface area contributed by atoms with E-state index in [1.165, 1.54) is 16.0 Å². The van der Waals surface area contributed by atoms with Crippen LogP contribution in [0.2, 0.25) is 0 Å². The highest BCUT2D eigenvalue weighted by Crippen LogP contribution is 2.16. The first kappa shape index (κ1) is 17.7. The van der Waals surface area contributed by atoms with Gasteiger partial charge in [-0.05, 0) is 0 Å². The van der Waals surface area contributed by atoms with Crippen LogP contribution in [0.3, 0.4) is 0 Å². The van der Waals surface area contributed by atoms with Gasteiger partial charge in [0.1, 0.15) is 12.0 Å². The number of hydrogen-bond donors (Lipinski definition) is 3. The summed E-state index contributed by atoms with van der Waals surface area (Å²) < 4.78 is 6.85. The van der Waals surface area contributed by atoms with Crippen LogP contribution in [0.4, 0.5) is 5.95 Å². The molecule has 0 unspecified atom stereocenters. The highest BCUT2D eigenvalue weighted by Gasteiger charge is 2.18. The molecule has 1 fully saturated rings. The first-order valence-electron chi connectivity index (χ1n) is 7.91. The molecule has 3 rings (SSSR count). The van der Waals surface area contributed by atoms with Crippen molar-refractivity contribution in [3.05, 3.63) is 17.4 Å². The topological polar surface area (TPSA) is 126 Å².